The number of amides is 2. The van der Waals surface area contributed by atoms with Crippen LogP contribution >= 0.6 is 0 Å². The zero-order valence-electron chi connectivity index (χ0n) is 18.1. The Morgan fingerprint density at radius 2 is 1.69 bits per heavy atom. The molecule has 2 amide bonds. The lowest BCUT2D eigenvalue weighted by atomic mass is 9.99. The molecule has 2 aliphatic heterocycles. The van der Waals surface area contributed by atoms with Crippen molar-refractivity contribution in [1.82, 2.24) is 14.2 Å². The van der Waals surface area contributed by atoms with Crippen molar-refractivity contribution in [2.24, 2.45) is 5.92 Å². The number of rotatable bonds is 5. The molecule has 2 saturated heterocycles. The van der Waals surface area contributed by atoms with E-state index in [1.165, 1.54) is 16.6 Å². The van der Waals surface area contributed by atoms with Crippen molar-refractivity contribution in [3.8, 4) is 0 Å². The van der Waals surface area contributed by atoms with E-state index in [0.29, 0.717) is 43.9 Å². The highest BCUT2D eigenvalue weighted by molar-refractivity contribution is 7.89. The van der Waals surface area contributed by atoms with E-state index in [0.717, 1.165) is 25.7 Å². The van der Waals surface area contributed by atoms with E-state index in [4.69, 9.17) is 0 Å². The Labute approximate surface area is 189 Å². The van der Waals surface area contributed by atoms with Crippen LogP contribution in [0.2, 0.25) is 0 Å². The predicted octanol–water partition coefficient (Wildman–Crippen LogP) is 3.07. The van der Waals surface area contributed by atoms with Crippen molar-refractivity contribution in [3.63, 3.8) is 0 Å². The second-order valence-electron chi connectivity index (χ2n) is 8.51. The molecule has 1 aromatic carbocycles. The van der Waals surface area contributed by atoms with E-state index in [-0.39, 0.29) is 23.3 Å². The van der Waals surface area contributed by atoms with Crippen LogP contribution in [0.25, 0.3) is 0 Å². The molecule has 2 aromatic rings. The molecule has 32 heavy (non-hydrogen) atoms. The van der Waals surface area contributed by atoms with Gasteiger partial charge < -0.3 is 15.2 Å². The van der Waals surface area contributed by atoms with Crippen molar-refractivity contribution in [2.45, 2.75) is 43.4 Å². The summed E-state index contributed by atoms with van der Waals surface area (Å²) in [7, 11) is -3.80. The Balaban J connectivity index is 1.43. The molecular weight excluding hydrogens is 428 g/mol. The van der Waals surface area contributed by atoms with Gasteiger partial charge in [-0.2, -0.15) is 4.31 Å². The Morgan fingerprint density at radius 3 is 2.41 bits per heavy atom. The molecule has 8 nitrogen and oxygen atoms in total. The quantitative estimate of drug-likeness (QED) is 0.719. The summed E-state index contributed by atoms with van der Waals surface area (Å²) in [5.41, 5.74) is 0.987. The Morgan fingerprint density at radius 1 is 0.969 bits per heavy atom. The summed E-state index contributed by atoms with van der Waals surface area (Å²) >= 11 is 0. The summed E-state index contributed by atoms with van der Waals surface area (Å²) in [5.74, 6) is -0.759. The van der Waals surface area contributed by atoms with Crippen molar-refractivity contribution >= 4 is 27.5 Å². The van der Waals surface area contributed by atoms with Gasteiger partial charge in [0, 0.05) is 38.1 Å². The van der Waals surface area contributed by atoms with Gasteiger partial charge in [0.15, 0.2) is 0 Å². The van der Waals surface area contributed by atoms with Gasteiger partial charge in [0.2, 0.25) is 15.9 Å². The van der Waals surface area contributed by atoms with Gasteiger partial charge in [-0.3, -0.25) is 9.59 Å². The maximum Gasteiger partial charge on any atom is 0.270 e. The lowest BCUT2D eigenvalue weighted by molar-refractivity contribution is -0.120. The van der Waals surface area contributed by atoms with Gasteiger partial charge in [-0.15, -0.1) is 0 Å². The highest BCUT2D eigenvalue weighted by Gasteiger charge is 2.34. The minimum Gasteiger partial charge on any atom is -0.356 e. The molecular formula is C23H30N4O4S. The summed E-state index contributed by atoms with van der Waals surface area (Å²) in [6, 6.07) is 10.6. The Kier molecular flexibility index (Phi) is 6.95. The van der Waals surface area contributed by atoms with Crippen LogP contribution in [-0.4, -0.2) is 60.6 Å². The number of nitrogens with zero attached hydrogens (tertiary/aromatic N) is 2. The van der Waals surface area contributed by atoms with Crippen molar-refractivity contribution in [2.75, 3.05) is 31.5 Å². The van der Waals surface area contributed by atoms with E-state index < -0.39 is 15.9 Å². The predicted molar refractivity (Wildman–Crippen MR) is 122 cm³/mol. The van der Waals surface area contributed by atoms with Gasteiger partial charge in [0.05, 0.1) is 5.92 Å². The van der Waals surface area contributed by atoms with Gasteiger partial charge in [-0.25, -0.2) is 8.42 Å². The third-order valence-corrected chi connectivity index (χ3v) is 8.06. The first kappa shape index (κ1) is 22.5. The van der Waals surface area contributed by atoms with Crippen LogP contribution < -0.4 is 5.32 Å². The summed E-state index contributed by atoms with van der Waals surface area (Å²) in [6.07, 6.45) is 6.79. The number of hydrogen-bond acceptors (Lipinski definition) is 4. The Bertz CT molecular complexity index is 1040. The number of aromatic nitrogens is 1. The van der Waals surface area contributed by atoms with Crippen LogP contribution in [0.15, 0.2) is 47.5 Å². The highest BCUT2D eigenvalue weighted by Crippen LogP contribution is 2.26. The fourth-order valence-electron chi connectivity index (χ4n) is 4.38. The summed E-state index contributed by atoms with van der Waals surface area (Å²) in [6.45, 7) is 1.88. The summed E-state index contributed by atoms with van der Waals surface area (Å²) < 4.78 is 27.8. The lowest BCUT2D eigenvalue weighted by Gasteiger charge is -2.30. The van der Waals surface area contributed by atoms with Crippen LogP contribution in [0, 0.1) is 5.92 Å². The second-order valence-corrected chi connectivity index (χ2v) is 10.5. The lowest BCUT2D eigenvalue weighted by Crippen LogP contribution is -2.43. The van der Waals surface area contributed by atoms with E-state index in [9.17, 15) is 18.0 Å². The number of H-pyrrole nitrogens is 1. The first-order valence-electron chi connectivity index (χ1n) is 11.3. The number of carbonyl (C=O) groups is 2. The van der Waals surface area contributed by atoms with Crippen LogP contribution in [0.1, 0.15) is 49.0 Å². The van der Waals surface area contributed by atoms with Gasteiger partial charge in [0.25, 0.3) is 5.91 Å². The second kappa shape index (κ2) is 9.87. The number of carbonyl (C=O) groups excluding carboxylic acids is 2. The number of para-hydroxylation sites is 1. The van der Waals surface area contributed by atoms with Crippen molar-refractivity contribution in [1.29, 1.82) is 0 Å². The number of nitrogens with one attached hydrogen (secondary N) is 2. The monoisotopic (exact) mass is 458 g/mol. The number of likely N-dealkylation sites (tertiary alicyclic amines) is 1. The first-order chi connectivity index (χ1) is 15.4. The topological polar surface area (TPSA) is 103 Å². The molecule has 0 unspecified atom stereocenters. The zero-order valence-corrected chi connectivity index (χ0v) is 18.9. The number of benzene rings is 1. The van der Waals surface area contributed by atoms with E-state index in [1.807, 2.05) is 18.2 Å². The maximum atomic E-state index is 13.2. The number of aromatic amines is 1. The molecule has 3 heterocycles. The van der Waals surface area contributed by atoms with Crippen molar-refractivity contribution in [3.05, 3.63) is 48.3 Å². The molecule has 2 fully saturated rings. The van der Waals surface area contributed by atoms with Crippen LogP contribution in [0.3, 0.4) is 0 Å². The first-order valence-corrected chi connectivity index (χ1v) is 12.7. The average Bonchev–Trinajstić information content (AvgIpc) is 3.16. The Hall–Kier alpha value is -2.65. The molecule has 1 atom stereocenters. The summed E-state index contributed by atoms with van der Waals surface area (Å²) in [5, 5.41) is 2.87. The fraction of sp³-hybridized carbons (Fsp3) is 0.478. The molecule has 2 N–H and O–H groups in total. The third kappa shape index (κ3) is 5.05. The maximum absolute atomic E-state index is 13.2. The number of piperidine rings is 1. The van der Waals surface area contributed by atoms with Gasteiger partial charge in [0.1, 0.15) is 10.6 Å². The average molecular weight is 459 g/mol. The molecule has 0 aliphatic carbocycles. The van der Waals surface area contributed by atoms with E-state index >= 15 is 0 Å². The van der Waals surface area contributed by atoms with E-state index in [1.54, 1.807) is 17.0 Å². The highest BCUT2D eigenvalue weighted by atomic mass is 32.2. The SMILES string of the molecule is O=C(Nc1ccccc1)[C@@H]1CCCN(S(=O)(=O)c2c[nH]c(C(=O)N3CCCCCC3)c2)C1. The molecule has 0 saturated carbocycles. The number of anilines is 1. The molecule has 0 spiro atoms. The largest absolute Gasteiger partial charge is 0.356 e. The normalized spacial score (nSPS) is 20.5. The number of hydrogen-bond donors (Lipinski definition) is 2. The zero-order chi connectivity index (χ0) is 22.6. The molecule has 0 bridgehead atoms. The minimum absolute atomic E-state index is 0.0692. The molecule has 9 heteroatoms. The van der Waals surface area contributed by atoms with Gasteiger partial charge >= 0.3 is 0 Å². The van der Waals surface area contributed by atoms with Crippen molar-refractivity contribution < 1.29 is 18.0 Å². The fourth-order valence-corrected chi connectivity index (χ4v) is 5.90. The molecule has 1 aromatic heterocycles. The van der Waals surface area contributed by atoms with Crippen LogP contribution in [0.4, 0.5) is 5.69 Å². The van der Waals surface area contributed by atoms with E-state index in [2.05, 4.69) is 10.3 Å². The van der Waals surface area contributed by atoms with Gasteiger partial charge in [-0.1, -0.05) is 31.0 Å². The van der Waals surface area contributed by atoms with Crippen LogP contribution in [-0.2, 0) is 14.8 Å². The standard InChI is InChI=1S/C23H30N4O4S/c28-22(25-19-10-4-3-5-11-19)18-9-8-14-27(17-18)32(30,31)20-15-21(24-16-20)23(29)26-12-6-1-2-7-13-26/h3-5,10-11,15-16,18,24H,1-2,6-9,12-14,17H2,(H,25,28)/t18-/m1/s1. The molecule has 172 valence electrons. The molecule has 2 aliphatic rings. The third-order valence-electron chi connectivity index (χ3n) is 6.21. The van der Waals surface area contributed by atoms with Gasteiger partial charge in [-0.05, 0) is 43.9 Å². The molecule has 0 radical (unpaired) electrons. The van der Waals surface area contributed by atoms with Crippen LogP contribution in [0.5, 0.6) is 0 Å². The summed E-state index contributed by atoms with van der Waals surface area (Å²) in [4.78, 5) is 30.2. The number of sulfonamides is 1. The minimum atomic E-state index is -3.80. The molecule has 4 rings (SSSR count). The smallest absolute Gasteiger partial charge is 0.270 e.